The Hall–Kier alpha value is -2.17. The highest BCUT2D eigenvalue weighted by atomic mass is 16.5. The fraction of sp³-hybridized carbons (Fsp3) is 0.500. The van der Waals surface area contributed by atoms with Gasteiger partial charge in [-0.3, -0.25) is 14.4 Å². The van der Waals surface area contributed by atoms with Gasteiger partial charge in [0.2, 0.25) is 11.8 Å². The van der Waals surface area contributed by atoms with Crippen LogP contribution in [0.5, 0.6) is 0 Å². The van der Waals surface area contributed by atoms with Gasteiger partial charge in [0, 0.05) is 0 Å². The molecule has 1 saturated heterocycles. The molecule has 3 saturated carbocycles. The largest absolute Gasteiger partial charge is 0.469 e. The Morgan fingerprint density at radius 2 is 1.83 bits per heavy atom. The third-order valence-corrected chi connectivity index (χ3v) is 5.99. The number of rotatable bonds is 2. The molecule has 120 valence electrons. The van der Waals surface area contributed by atoms with Crippen LogP contribution in [0, 0.1) is 23.2 Å². The third kappa shape index (κ3) is 1.76. The minimum atomic E-state index is -0.708. The Labute approximate surface area is 134 Å². The number of ether oxygens (including phenoxy) is 1. The monoisotopic (exact) mass is 313 g/mol. The Balaban J connectivity index is 1.81. The molecule has 23 heavy (non-hydrogen) atoms. The molecule has 1 spiro atoms. The molecule has 2 unspecified atom stereocenters. The fourth-order valence-electron chi connectivity index (χ4n) is 4.93. The second kappa shape index (κ2) is 4.91. The van der Waals surface area contributed by atoms with Crippen molar-refractivity contribution in [3.05, 3.63) is 30.3 Å². The van der Waals surface area contributed by atoms with Crippen molar-refractivity contribution in [1.82, 2.24) is 0 Å². The summed E-state index contributed by atoms with van der Waals surface area (Å²) in [6.07, 6.45) is 3.03. The average molecular weight is 313 g/mol. The van der Waals surface area contributed by atoms with Gasteiger partial charge in [-0.15, -0.1) is 0 Å². The zero-order valence-electron chi connectivity index (χ0n) is 13.0. The first-order chi connectivity index (χ1) is 11.1. The van der Waals surface area contributed by atoms with Crippen molar-refractivity contribution >= 4 is 23.5 Å². The number of benzene rings is 1. The molecule has 1 aromatic rings. The Kier molecular flexibility index (Phi) is 3.08. The molecule has 0 aromatic heterocycles. The van der Waals surface area contributed by atoms with Crippen LogP contribution in [0.1, 0.15) is 25.7 Å². The van der Waals surface area contributed by atoms with Crippen LogP contribution in [0.4, 0.5) is 5.69 Å². The van der Waals surface area contributed by atoms with Gasteiger partial charge in [0.25, 0.3) is 0 Å². The molecule has 2 atom stereocenters. The van der Waals surface area contributed by atoms with Gasteiger partial charge in [-0.2, -0.15) is 0 Å². The summed E-state index contributed by atoms with van der Waals surface area (Å²) in [5.74, 6) is -1.60. The van der Waals surface area contributed by atoms with Crippen LogP contribution in [-0.2, 0) is 19.1 Å². The van der Waals surface area contributed by atoms with E-state index >= 15 is 0 Å². The van der Waals surface area contributed by atoms with E-state index in [1.165, 1.54) is 12.0 Å². The molecule has 5 rings (SSSR count). The number of amides is 2. The maximum absolute atomic E-state index is 13.1. The number of nitrogens with zero attached hydrogens (tertiary/aromatic N) is 1. The zero-order chi connectivity index (χ0) is 16.2. The normalized spacial score (nSPS) is 35.3. The van der Waals surface area contributed by atoms with Gasteiger partial charge in [-0.1, -0.05) is 18.2 Å². The first kappa shape index (κ1) is 14.4. The SMILES string of the molecule is COC(=O)C1C2CCC3(CC2)C(=O)N(c2ccccc2)C(=O)C13. The maximum Gasteiger partial charge on any atom is 0.309 e. The lowest BCUT2D eigenvalue weighted by molar-refractivity contribution is -0.165. The van der Waals surface area contributed by atoms with E-state index in [-0.39, 0.29) is 23.7 Å². The quantitative estimate of drug-likeness (QED) is 0.620. The molecule has 3 aliphatic carbocycles. The maximum atomic E-state index is 13.1. The van der Waals surface area contributed by atoms with Gasteiger partial charge >= 0.3 is 5.97 Å². The van der Waals surface area contributed by atoms with Crippen molar-refractivity contribution in [2.45, 2.75) is 25.7 Å². The lowest BCUT2D eigenvalue weighted by Crippen LogP contribution is -2.52. The average Bonchev–Trinajstić information content (AvgIpc) is 2.83. The minimum Gasteiger partial charge on any atom is -0.469 e. The van der Waals surface area contributed by atoms with Crippen LogP contribution >= 0.6 is 0 Å². The molecule has 1 aromatic carbocycles. The first-order valence-electron chi connectivity index (χ1n) is 8.11. The fourth-order valence-corrected chi connectivity index (χ4v) is 4.93. The minimum absolute atomic E-state index is 0.134. The van der Waals surface area contributed by atoms with Crippen molar-refractivity contribution in [1.29, 1.82) is 0 Å². The second-order valence-electron chi connectivity index (χ2n) is 6.83. The van der Waals surface area contributed by atoms with Crippen molar-refractivity contribution in [3.8, 4) is 0 Å². The van der Waals surface area contributed by atoms with E-state index in [0.29, 0.717) is 18.5 Å². The summed E-state index contributed by atoms with van der Waals surface area (Å²) in [5, 5.41) is 0. The van der Waals surface area contributed by atoms with Gasteiger partial charge < -0.3 is 4.74 Å². The highest BCUT2D eigenvalue weighted by Gasteiger charge is 2.68. The Morgan fingerprint density at radius 1 is 1.17 bits per heavy atom. The van der Waals surface area contributed by atoms with Crippen molar-refractivity contribution in [3.63, 3.8) is 0 Å². The highest BCUT2D eigenvalue weighted by Crippen LogP contribution is 2.61. The van der Waals surface area contributed by atoms with Gasteiger partial charge in [0.05, 0.1) is 30.0 Å². The number of methoxy groups -OCH3 is 1. The van der Waals surface area contributed by atoms with Crippen LogP contribution in [-0.4, -0.2) is 24.9 Å². The number of anilines is 1. The molecule has 2 amide bonds. The summed E-state index contributed by atoms with van der Waals surface area (Å²) in [4.78, 5) is 39.8. The molecule has 4 fully saturated rings. The van der Waals surface area contributed by atoms with E-state index in [2.05, 4.69) is 0 Å². The summed E-state index contributed by atoms with van der Waals surface area (Å²) >= 11 is 0. The van der Waals surface area contributed by atoms with Crippen LogP contribution in [0.2, 0.25) is 0 Å². The Bertz CT molecular complexity index is 676. The van der Waals surface area contributed by atoms with Crippen LogP contribution in [0.15, 0.2) is 30.3 Å². The van der Waals surface area contributed by atoms with E-state index in [1.807, 2.05) is 18.2 Å². The lowest BCUT2D eigenvalue weighted by atomic mass is 9.51. The molecule has 4 aliphatic rings. The zero-order valence-corrected chi connectivity index (χ0v) is 13.0. The van der Waals surface area contributed by atoms with Crippen LogP contribution < -0.4 is 4.90 Å². The standard InChI is InChI=1S/C18H19NO4/c1-23-16(21)13-11-7-9-18(10-8-11)14(13)15(20)19(17(18)22)12-5-3-2-4-6-12/h2-6,11,13-14H,7-10H2,1H3. The molecule has 0 radical (unpaired) electrons. The summed E-state index contributed by atoms with van der Waals surface area (Å²) in [7, 11) is 1.35. The molecule has 5 nitrogen and oxygen atoms in total. The molecule has 2 bridgehead atoms. The topological polar surface area (TPSA) is 63.7 Å². The number of carbonyl (C=O) groups is 3. The second-order valence-corrected chi connectivity index (χ2v) is 6.83. The smallest absolute Gasteiger partial charge is 0.309 e. The molecular weight excluding hydrogens is 294 g/mol. The highest BCUT2D eigenvalue weighted by molar-refractivity contribution is 6.24. The summed E-state index contributed by atoms with van der Waals surface area (Å²) in [5.41, 5.74) is -0.112. The van der Waals surface area contributed by atoms with Crippen LogP contribution in [0.3, 0.4) is 0 Å². The number of para-hydroxylation sites is 1. The molecular formula is C18H19NO4. The van der Waals surface area contributed by atoms with Gasteiger partial charge in [0.15, 0.2) is 0 Å². The van der Waals surface area contributed by atoms with Gasteiger partial charge in [0.1, 0.15) is 0 Å². The summed E-state index contributed by atoms with van der Waals surface area (Å²) < 4.78 is 4.95. The van der Waals surface area contributed by atoms with Gasteiger partial charge in [-0.05, 0) is 43.7 Å². The molecule has 1 heterocycles. The van der Waals surface area contributed by atoms with E-state index in [1.54, 1.807) is 12.1 Å². The molecule has 1 aliphatic heterocycles. The number of hydrogen-bond donors (Lipinski definition) is 0. The molecule has 0 N–H and O–H groups in total. The number of esters is 1. The predicted octanol–water partition coefficient (Wildman–Crippen LogP) is 2.16. The summed E-state index contributed by atoms with van der Waals surface area (Å²) in [6, 6.07) is 9.00. The van der Waals surface area contributed by atoms with Crippen molar-refractivity contribution < 1.29 is 19.1 Å². The summed E-state index contributed by atoms with van der Waals surface area (Å²) in [6.45, 7) is 0. The number of hydrogen-bond acceptors (Lipinski definition) is 4. The van der Waals surface area contributed by atoms with Crippen molar-refractivity contribution in [2.24, 2.45) is 23.2 Å². The molecule has 5 heteroatoms. The van der Waals surface area contributed by atoms with E-state index in [4.69, 9.17) is 4.74 Å². The lowest BCUT2D eigenvalue weighted by Gasteiger charge is -2.49. The predicted molar refractivity (Wildman–Crippen MR) is 82.3 cm³/mol. The number of fused-ring (bicyclic) bond motifs is 2. The number of carbonyl (C=O) groups excluding carboxylic acids is 3. The van der Waals surface area contributed by atoms with E-state index in [0.717, 1.165) is 12.8 Å². The van der Waals surface area contributed by atoms with Crippen molar-refractivity contribution in [2.75, 3.05) is 12.0 Å². The first-order valence-corrected chi connectivity index (χ1v) is 8.11. The van der Waals surface area contributed by atoms with Crippen LogP contribution in [0.25, 0.3) is 0 Å². The van der Waals surface area contributed by atoms with Gasteiger partial charge in [-0.25, -0.2) is 4.90 Å². The Morgan fingerprint density at radius 3 is 2.43 bits per heavy atom. The van der Waals surface area contributed by atoms with E-state index < -0.39 is 17.3 Å². The third-order valence-electron chi connectivity index (χ3n) is 5.99. The van der Waals surface area contributed by atoms with E-state index in [9.17, 15) is 14.4 Å². The number of imide groups is 1.